The van der Waals surface area contributed by atoms with Gasteiger partial charge >= 0.3 is 0 Å². The van der Waals surface area contributed by atoms with Gasteiger partial charge in [-0.2, -0.15) is 10.5 Å². The Bertz CT molecular complexity index is 3340. The predicted octanol–water partition coefficient (Wildman–Crippen LogP) is 17.5. The predicted molar refractivity (Wildman–Crippen MR) is 283 cm³/mol. The van der Waals surface area contributed by atoms with E-state index in [9.17, 15) is 10.5 Å². The second-order valence-corrected chi connectivity index (χ2v) is 19.7. The Morgan fingerprint density at radius 1 is 0.429 bits per heavy atom. The van der Waals surface area contributed by atoms with Crippen LogP contribution in [0.2, 0.25) is 0 Å². The van der Waals surface area contributed by atoms with Gasteiger partial charge < -0.3 is 19.3 Å². The van der Waals surface area contributed by atoms with Crippen molar-refractivity contribution in [2.24, 2.45) is 10.8 Å². The highest BCUT2D eigenvalue weighted by molar-refractivity contribution is 5.91. The van der Waals surface area contributed by atoms with Crippen LogP contribution < -0.4 is 19.3 Å². The Morgan fingerprint density at radius 3 is 1.09 bits per heavy atom. The van der Waals surface area contributed by atoms with Crippen molar-refractivity contribution in [1.82, 2.24) is 0 Å². The van der Waals surface area contributed by atoms with E-state index in [0.29, 0.717) is 69.6 Å². The van der Waals surface area contributed by atoms with Crippen molar-refractivity contribution in [3.63, 3.8) is 0 Å². The van der Waals surface area contributed by atoms with E-state index in [1.807, 2.05) is 84.9 Å². The van der Waals surface area contributed by atoms with Crippen LogP contribution in [0.4, 0.5) is 22.7 Å². The lowest BCUT2D eigenvalue weighted by Crippen LogP contribution is -2.30. The van der Waals surface area contributed by atoms with Crippen LogP contribution in [-0.2, 0) is 0 Å². The molecule has 2 heterocycles. The molecule has 0 unspecified atom stereocenters. The summed E-state index contributed by atoms with van der Waals surface area (Å²) in [4.78, 5) is 4.29. The first-order valence-electron chi connectivity index (χ1n) is 23.7. The van der Waals surface area contributed by atoms with Gasteiger partial charge in [0.15, 0.2) is 23.0 Å². The maximum absolute atomic E-state index is 12.2. The normalized spacial score (nSPS) is 17.7. The molecule has 0 spiro atoms. The molecule has 0 amide bonds. The van der Waals surface area contributed by atoms with Crippen molar-refractivity contribution in [1.29, 1.82) is 10.5 Å². The second-order valence-electron chi connectivity index (χ2n) is 19.7. The molecule has 2 aliphatic heterocycles. The van der Waals surface area contributed by atoms with E-state index < -0.39 is 10.8 Å². The third-order valence-electron chi connectivity index (χ3n) is 13.8. The van der Waals surface area contributed by atoms with Gasteiger partial charge in [-0.05, 0) is 122 Å². The number of allylic oxidation sites excluding steroid dienone is 4. The largest absolute Gasteiger partial charge is 0.453 e. The summed E-state index contributed by atoms with van der Waals surface area (Å²) in [5.41, 5.74) is 12.7. The van der Waals surface area contributed by atoms with Crippen LogP contribution in [0, 0.1) is 33.5 Å². The van der Waals surface area contributed by atoms with E-state index in [-0.39, 0.29) is 0 Å². The smallest absolute Gasteiger partial charge is 0.152 e. The van der Waals surface area contributed by atoms with Gasteiger partial charge in [0.05, 0.1) is 39.6 Å². The maximum atomic E-state index is 12.2. The molecule has 0 atom stereocenters. The fraction of sp³-hybridized carbons (Fsp3) is 0.125. The molecule has 0 N–H and O–H groups in total. The first-order chi connectivity index (χ1) is 34.0. The first kappa shape index (κ1) is 43.7. The van der Waals surface area contributed by atoms with Gasteiger partial charge in [0, 0.05) is 5.70 Å². The van der Waals surface area contributed by atoms with Gasteiger partial charge in [-0.1, -0.05) is 180 Å². The number of hydrogen-bond donors (Lipinski definition) is 0. The van der Waals surface area contributed by atoms with Crippen molar-refractivity contribution >= 4 is 22.7 Å². The molecule has 11 rings (SSSR count). The van der Waals surface area contributed by atoms with Gasteiger partial charge in [-0.15, -0.1) is 0 Å². The zero-order valence-electron chi connectivity index (χ0n) is 39.7. The molecule has 70 heavy (non-hydrogen) atoms. The molecule has 0 bridgehead atoms. The van der Waals surface area contributed by atoms with Crippen LogP contribution >= 0.6 is 0 Å². The Morgan fingerprint density at radius 2 is 0.757 bits per heavy atom. The lowest BCUT2D eigenvalue weighted by atomic mass is 9.68. The highest BCUT2D eigenvalue weighted by atomic mass is 16.5. The Labute approximate surface area is 410 Å². The van der Waals surface area contributed by atoms with Crippen molar-refractivity contribution in [2.45, 2.75) is 40.5 Å². The molecule has 0 aromatic heterocycles. The summed E-state index contributed by atoms with van der Waals surface area (Å²) < 4.78 is 14.0. The number of nitrogens with zero attached hydrogens (tertiary/aromatic N) is 4. The van der Waals surface area contributed by atoms with Crippen molar-refractivity contribution in [2.75, 3.05) is 9.80 Å². The number of anilines is 4. The minimum atomic E-state index is -0.557. The van der Waals surface area contributed by atoms with Gasteiger partial charge in [-0.25, -0.2) is 0 Å². The number of rotatable bonds is 6. The number of nitriles is 2. The minimum absolute atomic E-state index is 0.336. The van der Waals surface area contributed by atoms with Crippen molar-refractivity contribution in [3.8, 4) is 79.6 Å². The quantitative estimate of drug-likeness (QED) is 0.165. The molecule has 3 aliphatic rings. The molecule has 8 aromatic rings. The maximum Gasteiger partial charge on any atom is 0.152 e. The molecule has 338 valence electrons. The summed E-state index contributed by atoms with van der Waals surface area (Å²) in [5.74, 6) is 2.50. The van der Waals surface area contributed by atoms with E-state index in [1.165, 1.54) is 0 Å². The number of ether oxygens (including phenoxy) is 2. The van der Waals surface area contributed by atoms with E-state index in [2.05, 4.69) is 159 Å². The number of fused-ring (bicyclic) bond motifs is 4. The second kappa shape index (κ2) is 17.4. The molecule has 1 aliphatic carbocycles. The Hall–Kier alpha value is -8.84. The molecule has 0 saturated carbocycles. The molecule has 8 aromatic carbocycles. The number of hydrogen-bond acceptors (Lipinski definition) is 6. The molecule has 6 nitrogen and oxygen atoms in total. The average Bonchev–Trinajstić information content (AvgIpc) is 3.41. The molecule has 0 fully saturated rings. The van der Waals surface area contributed by atoms with Gasteiger partial charge in [0.25, 0.3) is 0 Å². The van der Waals surface area contributed by atoms with Gasteiger partial charge in [-0.3, -0.25) is 0 Å². The third-order valence-corrected chi connectivity index (χ3v) is 13.8. The third kappa shape index (κ3) is 7.80. The summed E-state index contributed by atoms with van der Waals surface area (Å²) in [7, 11) is 0. The lowest BCUT2D eigenvalue weighted by Gasteiger charge is -2.40. The topological polar surface area (TPSA) is 72.5 Å². The standard InChI is InChI=1S/C64H50N4O2/c1-42-51(39-65)62(68-55-32-28-49(45-22-14-8-15-23-45)36-60(55)70-61-37-50(29-33-56(61)68)46-24-16-9-17-25-46)52(40-66)57(38-63(2,3)41-64(42,4)5)67-53-30-26-47(43-18-10-6-11-19-43)34-58(53)69-59-35-48(27-31-54(59)67)44-20-12-7-13-21-44/h6-37H,1,38,41H2,2-5H3/b57-52+,62-51+. The van der Waals surface area contributed by atoms with Crippen molar-refractivity contribution in [3.05, 3.63) is 229 Å². The highest BCUT2D eigenvalue weighted by Gasteiger charge is 2.43. The van der Waals surface area contributed by atoms with Gasteiger partial charge in [0.2, 0.25) is 0 Å². The fourth-order valence-electron chi connectivity index (χ4n) is 10.7. The zero-order valence-corrected chi connectivity index (χ0v) is 39.7. The Balaban J connectivity index is 1.21. The van der Waals surface area contributed by atoms with Crippen LogP contribution in [0.3, 0.4) is 0 Å². The Kier molecular flexibility index (Phi) is 10.8. The molecule has 0 saturated heterocycles. The van der Waals surface area contributed by atoms with Crippen LogP contribution in [0.5, 0.6) is 23.0 Å². The molecular weight excluding hydrogens is 857 g/mol. The monoisotopic (exact) mass is 906 g/mol. The summed E-state index contributed by atoms with van der Waals surface area (Å²) >= 11 is 0. The molecule has 6 heteroatoms. The van der Waals surface area contributed by atoms with E-state index in [0.717, 1.165) is 61.6 Å². The van der Waals surface area contributed by atoms with Crippen molar-refractivity contribution < 1.29 is 9.47 Å². The average molecular weight is 907 g/mol. The summed E-state index contributed by atoms with van der Waals surface area (Å²) in [6.07, 6.45) is 1.15. The summed E-state index contributed by atoms with van der Waals surface area (Å²) in [6.45, 7) is 13.6. The lowest BCUT2D eigenvalue weighted by molar-refractivity contribution is 0.227. The summed E-state index contributed by atoms with van der Waals surface area (Å²) in [5, 5.41) is 23.9. The van der Waals surface area contributed by atoms with Crippen LogP contribution in [0.15, 0.2) is 229 Å². The minimum Gasteiger partial charge on any atom is -0.453 e. The van der Waals surface area contributed by atoms with E-state index in [1.54, 1.807) is 0 Å². The number of benzene rings is 8. The van der Waals surface area contributed by atoms with Crippen LogP contribution in [0.1, 0.15) is 40.5 Å². The molecule has 0 radical (unpaired) electrons. The zero-order chi connectivity index (χ0) is 48.1. The molecular formula is C64H50N4O2. The van der Waals surface area contributed by atoms with E-state index in [4.69, 9.17) is 16.1 Å². The fourth-order valence-corrected chi connectivity index (χ4v) is 10.7. The van der Waals surface area contributed by atoms with Crippen LogP contribution in [-0.4, -0.2) is 0 Å². The van der Waals surface area contributed by atoms with Gasteiger partial charge in [0.1, 0.15) is 12.1 Å². The highest BCUT2D eigenvalue weighted by Crippen LogP contribution is 2.58. The first-order valence-corrected chi connectivity index (χ1v) is 23.7. The SMILES string of the molecule is C=C1/C(C#N)=C(N2c3ccc(-c4ccccc4)cc3Oc3cc(-c4ccccc4)ccc32)\C(C#N)=C(\N2c3ccc(-c4ccccc4)cc3Oc3cc(-c4ccccc4)ccc32)CC(C)(C)CC1(C)C. The summed E-state index contributed by atoms with van der Waals surface area (Å²) in [6, 6.07) is 71.4. The van der Waals surface area contributed by atoms with Crippen LogP contribution in [0.25, 0.3) is 44.5 Å². The van der Waals surface area contributed by atoms with E-state index >= 15 is 0 Å².